The minimum Gasteiger partial charge on any atom is -0.381 e. The van der Waals surface area contributed by atoms with E-state index in [1.165, 1.54) is 0 Å². The SMILES string of the molecule is COC1CCN(c2c(Cl)cncc2Cl)CC1. The molecule has 0 N–H and O–H groups in total. The molecule has 0 saturated carbocycles. The van der Waals surface area contributed by atoms with Gasteiger partial charge in [-0.15, -0.1) is 0 Å². The molecule has 2 rings (SSSR count). The zero-order chi connectivity index (χ0) is 11.5. The Morgan fingerprint density at radius 2 is 1.81 bits per heavy atom. The molecule has 0 atom stereocenters. The van der Waals surface area contributed by atoms with Crippen LogP contribution in [0.2, 0.25) is 10.0 Å². The molecule has 88 valence electrons. The van der Waals surface area contributed by atoms with Gasteiger partial charge in [0.2, 0.25) is 0 Å². The Labute approximate surface area is 105 Å². The predicted octanol–water partition coefficient (Wildman–Crippen LogP) is 3.00. The molecule has 1 saturated heterocycles. The minimum atomic E-state index is 0.357. The molecule has 0 aliphatic carbocycles. The summed E-state index contributed by atoms with van der Waals surface area (Å²) in [5.41, 5.74) is 0.896. The summed E-state index contributed by atoms with van der Waals surface area (Å²) in [6.07, 6.45) is 5.63. The van der Waals surface area contributed by atoms with Crippen molar-refractivity contribution in [2.45, 2.75) is 18.9 Å². The van der Waals surface area contributed by atoms with Gasteiger partial charge in [0, 0.05) is 32.6 Å². The number of rotatable bonds is 2. The Morgan fingerprint density at radius 1 is 1.25 bits per heavy atom. The van der Waals surface area contributed by atoms with Crippen LogP contribution in [0.25, 0.3) is 0 Å². The second-order valence-corrected chi connectivity index (χ2v) is 4.69. The second kappa shape index (κ2) is 5.21. The molecule has 5 heteroatoms. The first-order chi connectivity index (χ1) is 7.72. The second-order valence-electron chi connectivity index (χ2n) is 3.87. The molecule has 0 spiro atoms. The largest absolute Gasteiger partial charge is 0.381 e. The van der Waals surface area contributed by atoms with Crippen LogP contribution in [-0.4, -0.2) is 31.3 Å². The van der Waals surface area contributed by atoms with Gasteiger partial charge in [-0.2, -0.15) is 0 Å². The van der Waals surface area contributed by atoms with E-state index in [0.717, 1.165) is 31.6 Å². The summed E-state index contributed by atoms with van der Waals surface area (Å²) >= 11 is 12.2. The van der Waals surface area contributed by atoms with Gasteiger partial charge in [-0.1, -0.05) is 23.2 Å². The lowest BCUT2D eigenvalue weighted by Gasteiger charge is -2.33. The summed E-state index contributed by atoms with van der Waals surface area (Å²) < 4.78 is 5.33. The van der Waals surface area contributed by atoms with Crippen LogP contribution in [0.4, 0.5) is 5.69 Å². The van der Waals surface area contributed by atoms with E-state index in [0.29, 0.717) is 16.1 Å². The number of pyridine rings is 1. The highest BCUT2D eigenvalue weighted by Gasteiger charge is 2.22. The number of halogens is 2. The van der Waals surface area contributed by atoms with Crippen LogP contribution in [-0.2, 0) is 4.74 Å². The number of anilines is 1. The van der Waals surface area contributed by atoms with Gasteiger partial charge in [-0.25, -0.2) is 0 Å². The van der Waals surface area contributed by atoms with Gasteiger partial charge < -0.3 is 9.64 Å². The maximum atomic E-state index is 6.11. The molecule has 0 aromatic carbocycles. The van der Waals surface area contributed by atoms with E-state index in [2.05, 4.69) is 9.88 Å². The molecule has 1 aliphatic rings. The fraction of sp³-hybridized carbons (Fsp3) is 0.545. The third kappa shape index (κ3) is 2.42. The Hall–Kier alpha value is -0.510. The number of aromatic nitrogens is 1. The molecule has 0 bridgehead atoms. The molecule has 0 radical (unpaired) electrons. The topological polar surface area (TPSA) is 25.4 Å². The van der Waals surface area contributed by atoms with Crippen LogP contribution in [0.1, 0.15) is 12.8 Å². The van der Waals surface area contributed by atoms with Crippen LogP contribution in [0.5, 0.6) is 0 Å². The monoisotopic (exact) mass is 260 g/mol. The third-order valence-corrected chi connectivity index (χ3v) is 3.47. The predicted molar refractivity (Wildman–Crippen MR) is 66.5 cm³/mol. The van der Waals surface area contributed by atoms with Crippen molar-refractivity contribution < 1.29 is 4.74 Å². The quantitative estimate of drug-likeness (QED) is 0.818. The molecule has 1 aromatic heterocycles. The van der Waals surface area contributed by atoms with Crippen molar-refractivity contribution in [2.24, 2.45) is 0 Å². The van der Waals surface area contributed by atoms with E-state index in [-0.39, 0.29) is 0 Å². The van der Waals surface area contributed by atoms with Gasteiger partial charge in [-0.3, -0.25) is 4.98 Å². The third-order valence-electron chi connectivity index (χ3n) is 2.92. The first kappa shape index (κ1) is 12.0. The normalized spacial score (nSPS) is 17.8. The average Bonchev–Trinajstić information content (AvgIpc) is 2.30. The highest BCUT2D eigenvalue weighted by atomic mass is 35.5. The zero-order valence-electron chi connectivity index (χ0n) is 9.12. The van der Waals surface area contributed by atoms with Crippen molar-refractivity contribution in [2.75, 3.05) is 25.1 Å². The van der Waals surface area contributed by atoms with E-state index in [1.54, 1.807) is 19.5 Å². The van der Waals surface area contributed by atoms with E-state index < -0.39 is 0 Å². The summed E-state index contributed by atoms with van der Waals surface area (Å²) in [4.78, 5) is 6.15. The molecular formula is C11H14Cl2N2O. The molecular weight excluding hydrogens is 247 g/mol. The van der Waals surface area contributed by atoms with E-state index in [4.69, 9.17) is 27.9 Å². The molecule has 2 heterocycles. The van der Waals surface area contributed by atoms with Gasteiger partial charge >= 0.3 is 0 Å². The van der Waals surface area contributed by atoms with Crippen molar-refractivity contribution in [3.8, 4) is 0 Å². The van der Waals surface area contributed by atoms with Gasteiger partial charge in [-0.05, 0) is 12.8 Å². The number of nitrogens with zero attached hydrogens (tertiary/aromatic N) is 2. The molecule has 1 aliphatic heterocycles. The molecule has 1 aromatic rings. The Balaban J connectivity index is 2.14. The van der Waals surface area contributed by atoms with Crippen molar-refractivity contribution in [1.82, 2.24) is 4.98 Å². The summed E-state index contributed by atoms with van der Waals surface area (Å²) in [6, 6.07) is 0. The summed E-state index contributed by atoms with van der Waals surface area (Å²) in [7, 11) is 1.76. The van der Waals surface area contributed by atoms with Gasteiger partial charge in [0.25, 0.3) is 0 Å². The van der Waals surface area contributed by atoms with Gasteiger partial charge in [0.1, 0.15) is 0 Å². The number of ether oxygens (including phenoxy) is 1. The maximum Gasteiger partial charge on any atom is 0.0838 e. The van der Waals surface area contributed by atoms with Gasteiger partial charge in [0.15, 0.2) is 0 Å². The van der Waals surface area contributed by atoms with E-state index >= 15 is 0 Å². The van der Waals surface area contributed by atoms with Crippen molar-refractivity contribution in [3.05, 3.63) is 22.4 Å². The van der Waals surface area contributed by atoms with E-state index in [1.807, 2.05) is 0 Å². The van der Waals surface area contributed by atoms with E-state index in [9.17, 15) is 0 Å². The summed E-state index contributed by atoms with van der Waals surface area (Å²) in [6.45, 7) is 1.84. The molecule has 16 heavy (non-hydrogen) atoms. The smallest absolute Gasteiger partial charge is 0.0838 e. The number of hydrogen-bond acceptors (Lipinski definition) is 3. The van der Waals surface area contributed by atoms with Crippen LogP contribution in [0.15, 0.2) is 12.4 Å². The minimum absolute atomic E-state index is 0.357. The van der Waals surface area contributed by atoms with Crippen molar-refractivity contribution in [1.29, 1.82) is 0 Å². The Kier molecular flexibility index (Phi) is 3.90. The fourth-order valence-corrected chi connectivity index (χ4v) is 2.63. The Bertz CT molecular complexity index is 345. The van der Waals surface area contributed by atoms with Crippen LogP contribution < -0.4 is 4.90 Å². The van der Waals surface area contributed by atoms with Crippen LogP contribution >= 0.6 is 23.2 Å². The number of piperidine rings is 1. The fourth-order valence-electron chi connectivity index (χ4n) is 2.02. The number of hydrogen-bond donors (Lipinski definition) is 0. The Morgan fingerprint density at radius 3 is 2.31 bits per heavy atom. The highest BCUT2D eigenvalue weighted by Crippen LogP contribution is 2.34. The van der Waals surface area contributed by atoms with Crippen LogP contribution in [0, 0.1) is 0 Å². The standard InChI is InChI=1S/C11H14Cl2N2O/c1-16-8-2-4-15(5-3-8)11-9(12)6-14-7-10(11)13/h6-8H,2-5H2,1H3. The van der Waals surface area contributed by atoms with Crippen LogP contribution in [0.3, 0.4) is 0 Å². The molecule has 1 fully saturated rings. The first-order valence-corrected chi connectivity index (χ1v) is 6.04. The van der Waals surface area contributed by atoms with Crippen molar-refractivity contribution in [3.63, 3.8) is 0 Å². The van der Waals surface area contributed by atoms with Crippen molar-refractivity contribution >= 4 is 28.9 Å². The highest BCUT2D eigenvalue weighted by molar-refractivity contribution is 6.38. The lowest BCUT2D eigenvalue weighted by atomic mass is 10.1. The lowest BCUT2D eigenvalue weighted by Crippen LogP contribution is -2.36. The van der Waals surface area contributed by atoms with Gasteiger partial charge in [0.05, 0.1) is 21.8 Å². The summed E-state index contributed by atoms with van der Waals surface area (Å²) in [5.74, 6) is 0. The lowest BCUT2D eigenvalue weighted by molar-refractivity contribution is 0.0819. The molecule has 3 nitrogen and oxygen atoms in total. The summed E-state index contributed by atoms with van der Waals surface area (Å²) in [5, 5.41) is 1.23. The molecule has 0 amide bonds. The average molecular weight is 261 g/mol. The first-order valence-electron chi connectivity index (χ1n) is 5.29. The molecule has 0 unspecified atom stereocenters. The maximum absolute atomic E-state index is 6.11. The number of methoxy groups -OCH3 is 1. The zero-order valence-corrected chi connectivity index (χ0v) is 10.6.